The third-order valence-corrected chi connectivity index (χ3v) is 5.23. The van der Waals surface area contributed by atoms with Crippen LogP contribution in [-0.4, -0.2) is 39.0 Å². The molecule has 32 heavy (non-hydrogen) atoms. The highest BCUT2D eigenvalue weighted by molar-refractivity contribution is 8.18. The number of carbonyl (C=O) groups is 2. The van der Waals surface area contributed by atoms with Gasteiger partial charge in [-0.2, -0.15) is 0 Å². The Hall–Kier alpha value is -3.93. The Bertz CT molecular complexity index is 1150. The van der Waals surface area contributed by atoms with Gasteiger partial charge in [0, 0.05) is 12.6 Å². The van der Waals surface area contributed by atoms with E-state index in [1.165, 1.54) is 6.07 Å². The summed E-state index contributed by atoms with van der Waals surface area (Å²) < 4.78 is 11.2. The van der Waals surface area contributed by atoms with E-state index in [2.05, 4.69) is 0 Å². The zero-order chi connectivity index (χ0) is 23.4. The molecular weight excluding hydrogens is 442 g/mol. The maximum absolute atomic E-state index is 12.3. The Balaban J connectivity index is 1.95. The van der Waals surface area contributed by atoms with Crippen molar-refractivity contribution in [3.05, 3.63) is 67.1 Å². The number of benzene rings is 2. The molecule has 0 N–H and O–H groups in total. The smallest absolute Gasteiger partial charge is 0.318 e. The lowest BCUT2D eigenvalue weighted by Gasteiger charge is -2.12. The van der Waals surface area contributed by atoms with E-state index in [1.807, 2.05) is 0 Å². The number of ether oxygens (including phenoxy) is 2. The molecule has 0 saturated carbocycles. The van der Waals surface area contributed by atoms with Crippen LogP contribution < -0.4 is 9.47 Å². The first-order valence-electron chi connectivity index (χ1n) is 9.38. The van der Waals surface area contributed by atoms with Crippen LogP contribution in [0.3, 0.4) is 0 Å². The fourth-order valence-corrected chi connectivity index (χ4v) is 3.76. The van der Waals surface area contributed by atoms with Gasteiger partial charge < -0.3 is 9.47 Å². The molecule has 11 nitrogen and oxygen atoms in total. The number of nitro benzene ring substituents is 2. The van der Waals surface area contributed by atoms with Crippen molar-refractivity contribution in [2.45, 2.75) is 13.8 Å². The van der Waals surface area contributed by atoms with Crippen LogP contribution in [0, 0.1) is 20.2 Å². The lowest BCUT2D eigenvalue weighted by atomic mass is 10.1. The molecule has 0 atom stereocenters. The van der Waals surface area contributed by atoms with E-state index in [0.29, 0.717) is 5.56 Å². The predicted molar refractivity (Wildman–Crippen MR) is 116 cm³/mol. The van der Waals surface area contributed by atoms with Crippen molar-refractivity contribution < 1.29 is 28.9 Å². The number of hydrogen-bond donors (Lipinski definition) is 0. The summed E-state index contributed by atoms with van der Waals surface area (Å²) >= 11 is 0.833. The molecule has 1 aliphatic rings. The van der Waals surface area contributed by atoms with Gasteiger partial charge in [0.05, 0.1) is 27.4 Å². The molecule has 1 aliphatic heterocycles. The van der Waals surface area contributed by atoms with Crippen molar-refractivity contribution >= 4 is 40.4 Å². The second kappa shape index (κ2) is 9.47. The first-order valence-corrected chi connectivity index (χ1v) is 10.2. The molecule has 1 saturated heterocycles. The van der Waals surface area contributed by atoms with Crippen molar-refractivity contribution in [2.75, 3.05) is 13.2 Å². The molecule has 0 aliphatic carbocycles. The van der Waals surface area contributed by atoms with E-state index in [4.69, 9.17) is 9.47 Å². The van der Waals surface area contributed by atoms with E-state index in [0.717, 1.165) is 34.9 Å². The number of non-ortho nitro benzene ring substituents is 1. The van der Waals surface area contributed by atoms with Crippen LogP contribution in [0.1, 0.15) is 19.4 Å². The van der Waals surface area contributed by atoms with E-state index < -0.39 is 21.2 Å². The standard InChI is InChI=1S/C20H17N3O8S/c1-3-21-19(24)18(32-20(21)25)10-12-5-7-16(17(9-12)30-4-2)31-15-8-6-13(22(26)27)11-14(15)23(28)29/h5-11H,3-4H2,1-2H3/b18-10+. The van der Waals surface area contributed by atoms with Crippen LogP contribution in [0.25, 0.3) is 6.08 Å². The molecule has 0 spiro atoms. The van der Waals surface area contributed by atoms with Gasteiger partial charge in [0.1, 0.15) is 0 Å². The van der Waals surface area contributed by atoms with E-state index in [9.17, 15) is 29.8 Å². The molecule has 1 fully saturated rings. The van der Waals surface area contributed by atoms with Crippen LogP contribution in [0.4, 0.5) is 16.2 Å². The summed E-state index contributed by atoms with van der Waals surface area (Å²) in [6.07, 6.45) is 1.54. The topological polar surface area (TPSA) is 142 Å². The number of thioether (sulfide) groups is 1. The average molecular weight is 459 g/mol. The summed E-state index contributed by atoms with van der Waals surface area (Å²) in [7, 11) is 0. The molecule has 2 aromatic rings. The summed E-state index contributed by atoms with van der Waals surface area (Å²) in [5.41, 5.74) is -0.454. The molecule has 0 radical (unpaired) electrons. The Labute approximate surface area is 185 Å². The Morgan fingerprint density at radius 1 is 1.00 bits per heavy atom. The molecule has 166 valence electrons. The largest absolute Gasteiger partial charge is 0.490 e. The van der Waals surface area contributed by atoms with Gasteiger partial charge in [0.25, 0.3) is 16.8 Å². The van der Waals surface area contributed by atoms with E-state index in [-0.39, 0.29) is 46.5 Å². The zero-order valence-electron chi connectivity index (χ0n) is 17.0. The minimum atomic E-state index is -0.777. The maximum Gasteiger partial charge on any atom is 0.318 e. The van der Waals surface area contributed by atoms with Crippen LogP contribution in [0.15, 0.2) is 41.3 Å². The number of carbonyl (C=O) groups excluding carboxylic acids is 2. The number of nitrogens with zero attached hydrogens (tertiary/aromatic N) is 3. The van der Waals surface area contributed by atoms with Gasteiger partial charge in [-0.1, -0.05) is 6.07 Å². The minimum absolute atomic E-state index is 0.141. The number of hydrogen-bond acceptors (Lipinski definition) is 9. The lowest BCUT2D eigenvalue weighted by Crippen LogP contribution is -2.27. The number of rotatable bonds is 8. The summed E-state index contributed by atoms with van der Waals surface area (Å²) in [5.74, 6) is -0.202. The summed E-state index contributed by atoms with van der Waals surface area (Å²) in [6.45, 7) is 3.97. The minimum Gasteiger partial charge on any atom is -0.490 e. The van der Waals surface area contributed by atoms with Crippen LogP contribution in [-0.2, 0) is 4.79 Å². The normalized spacial score (nSPS) is 14.7. The lowest BCUT2D eigenvalue weighted by molar-refractivity contribution is -0.394. The average Bonchev–Trinajstić information content (AvgIpc) is 3.02. The van der Waals surface area contributed by atoms with Gasteiger partial charge in [-0.25, -0.2) is 0 Å². The van der Waals surface area contributed by atoms with Gasteiger partial charge in [-0.05, 0) is 55.4 Å². The van der Waals surface area contributed by atoms with Crippen LogP contribution >= 0.6 is 11.8 Å². The SMILES string of the molecule is CCOc1cc(/C=C2/SC(=O)N(CC)C2=O)ccc1Oc1ccc([N+](=O)[O-])cc1[N+](=O)[O-]. The number of amides is 2. The highest BCUT2D eigenvalue weighted by Gasteiger charge is 2.33. The molecule has 0 aromatic heterocycles. The number of likely N-dealkylation sites (N-methyl/N-ethyl adjacent to an activating group) is 1. The fraction of sp³-hybridized carbons (Fsp3) is 0.200. The third-order valence-electron chi connectivity index (χ3n) is 4.33. The van der Waals surface area contributed by atoms with Crippen molar-refractivity contribution in [1.29, 1.82) is 0 Å². The second-order valence-electron chi connectivity index (χ2n) is 6.33. The first-order chi connectivity index (χ1) is 15.2. The highest BCUT2D eigenvalue weighted by Crippen LogP contribution is 2.39. The Kier molecular flexibility index (Phi) is 6.73. The molecule has 0 unspecified atom stereocenters. The second-order valence-corrected chi connectivity index (χ2v) is 7.33. The first kappa shape index (κ1) is 22.7. The van der Waals surface area contributed by atoms with Crippen LogP contribution in [0.2, 0.25) is 0 Å². The predicted octanol–water partition coefficient (Wildman–Crippen LogP) is 4.75. The molecule has 12 heteroatoms. The van der Waals surface area contributed by atoms with E-state index >= 15 is 0 Å². The zero-order valence-corrected chi connectivity index (χ0v) is 17.8. The molecule has 1 heterocycles. The molecule has 3 rings (SSSR count). The van der Waals surface area contributed by atoms with Gasteiger partial charge in [-0.3, -0.25) is 34.7 Å². The van der Waals surface area contributed by atoms with Crippen molar-refractivity contribution in [3.8, 4) is 17.2 Å². The molecule has 2 aromatic carbocycles. The molecule has 0 bridgehead atoms. The van der Waals surface area contributed by atoms with Gasteiger partial charge in [-0.15, -0.1) is 0 Å². The highest BCUT2D eigenvalue weighted by atomic mass is 32.2. The number of imide groups is 1. The Morgan fingerprint density at radius 3 is 2.31 bits per heavy atom. The van der Waals surface area contributed by atoms with Crippen molar-refractivity contribution in [2.24, 2.45) is 0 Å². The van der Waals surface area contributed by atoms with Gasteiger partial charge in [0.2, 0.25) is 5.75 Å². The van der Waals surface area contributed by atoms with Crippen molar-refractivity contribution in [3.63, 3.8) is 0 Å². The van der Waals surface area contributed by atoms with Crippen LogP contribution in [0.5, 0.6) is 17.2 Å². The summed E-state index contributed by atoms with van der Waals surface area (Å²) in [4.78, 5) is 46.3. The Morgan fingerprint density at radius 2 is 1.72 bits per heavy atom. The molecular formula is C20H17N3O8S. The quantitative estimate of drug-likeness (QED) is 0.310. The number of nitro groups is 2. The van der Waals surface area contributed by atoms with E-state index in [1.54, 1.807) is 32.1 Å². The van der Waals surface area contributed by atoms with Crippen molar-refractivity contribution in [1.82, 2.24) is 4.90 Å². The third kappa shape index (κ3) is 4.70. The maximum atomic E-state index is 12.3. The van der Waals surface area contributed by atoms with Gasteiger partial charge in [0.15, 0.2) is 11.5 Å². The summed E-state index contributed by atoms with van der Waals surface area (Å²) in [6, 6.07) is 7.70. The molecule has 2 amide bonds. The van der Waals surface area contributed by atoms with Gasteiger partial charge >= 0.3 is 5.69 Å². The summed E-state index contributed by atoms with van der Waals surface area (Å²) in [5, 5.41) is 21.9. The monoisotopic (exact) mass is 459 g/mol. The fourth-order valence-electron chi connectivity index (χ4n) is 2.86.